The highest BCUT2D eigenvalue weighted by atomic mass is 16.5. The van der Waals surface area contributed by atoms with E-state index >= 15 is 0 Å². The lowest BCUT2D eigenvalue weighted by molar-refractivity contribution is 0.0282. The molecule has 0 bridgehead atoms. The summed E-state index contributed by atoms with van der Waals surface area (Å²) in [6, 6.07) is 10.9. The molecule has 3 atom stereocenters. The number of hydrogen-bond acceptors (Lipinski definition) is 3. The van der Waals surface area contributed by atoms with Gasteiger partial charge in [-0.1, -0.05) is 30.3 Å². The molecule has 3 rings (SSSR count). The summed E-state index contributed by atoms with van der Waals surface area (Å²) in [5, 5.41) is 3.21. The van der Waals surface area contributed by atoms with Gasteiger partial charge in [0.1, 0.15) is 0 Å². The highest BCUT2D eigenvalue weighted by Crippen LogP contribution is 2.28. The van der Waals surface area contributed by atoms with Crippen LogP contribution in [0, 0.1) is 0 Å². The minimum Gasteiger partial charge on any atom is -0.372 e. The normalized spacial score (nSPS) is 30.9. The Morgan fingerprint density at radius 3 is 2.75 bits per heavy atom. The van der Waals surface area contributed by atoms with Gasteiger partial charge in [-0.25, -0.2) is 0 Å². The van der Waals surface area contributed by atoms with Crippen LogP contribution in [-0.4, -0.2) is 50.3 Å². The second kappa shape index (κ2) is 6.70. The van der Waals surface area contributed by atoms with Crippen molar-refractivity contribution >= 4 is 0 Å². The van der Waals surface area contributed by atoms with Gasteiger partial charge in [-0.2, -0.15) is 0 Å². The second-order valence-electron chi connectivity index (χ2n) is 6.17. The molecule has 0 amide bonds. The molecular formula is C17H26N2O. The van der Waals surface area contributed by atoms with Gasteiger partial charge in [0, 0.05) is 19.6 Å². The molecule has 2 aliphatic rings. The van der Waals surface area contributed by atoms with Gasteiger partial charge in [0.2, 0.25) is 0 Å². The molecule has 0 spiro atoms. The topological polar surface area (TPSA) is 24.5 Å². The van der Waals surface area contributed by atoms with Gasteiger partial charge in [0.05, 0.1) is 12.2 Å². The Morgan fingerprint density at radius 2 is 1.95 bits per heavy atom. The van der Waals surface area contributed by atoms with E-state index in [1.165, 1.54) is 37.9 Å². The monoisotopic (exact) mass is 274 g/mol. The largest absolute Gasteiger partial charge is 0.372 e. The van der Waals surface area contributed by atoms with E-state index in [-0.39, 0.29) is 0 Å². The summed E-state index contributed by atoms with van der Waals surface area (Å²) in [5.74, 6) is 0.714. The van der Waals surface area contributed by atoms with Crippen LogP contribution in [0.1, 0.15) is 30.7 Å². The van der Waals surface area contributed by atoms with Gasteiger partial charge < -0.3 is 15.0 Å². The fraction of sp³-hybridized carbons (Fsp3) is 0.647. The van der Waals surface area contributed by atoms with Gasteiger partial charge in [0.15, 0.2) is 0 Å². The molecule has 1 N–H and O–H groups in total. The van der Waals surface area contributed by atoms with E-state index in [1.807, 2.05) is 7.05 Å². The molecule has 0 saturated carbocycles. The number of likely N-dealkylation sites (N-methyl/N-ethyl adjacent to an activating group) is 1. The lowest BCUT2D eigenvalue weighted by Crippen LogP contribution is -2.32. The van der Waals surface area contributed by atoms with E-state index in [0.29, 0.717) is 18.1 Å². The van der Waals surface area contributed by atoms with Crippen molar-refractivity contribution in [3.8, 4) is 0 Å². The van der Waals surface area contributed by atoms with Crippen LogP contribution >= 0.6 is 0 Å². The maximum atomic E-state index is 6.10. The zero-order valence-corrected chi connectivity index (χ0v) is 12.4. The predicted molar refractivity (Wildman–Crippen MR) is 82.1 cm³/mol. The molecule has 2 saturated heterocycles. The molecule has 0 aromatic heterocycles. The third kappa shape index (κ3) is 3.40. The molecule has 3 unspecified atom stereocenters. The van der Waals surface area contributed by atoms with E-state index in [9.17, 15) is 0 Å². The molecule has 1 aromatic rings. The first kappa shape index (κ1) is 14.1. The molecule has 2 aliphatic heterocycles. The molecule has 0 aliphatic carbocycles. The van der Waals surface area contributed by atoms with E-state index in [0.717, 1.165) is 13.1 Å². The molecule has 110 valence electrons. The predicted octanol–water partition coefficient (Wildman–Crippen LogP) is 2.24. The van der Waals surface area contributed by atoms with Crippen LogP contribution in [-0.2, 0) is 4.74 Å². The van der Waals surface area contributed by atoms with Crippen molar-refractivity contribution in [2.75, 3.05) is 33.2 Å². The minimum absolute atomic E-state index is 0.428. The van der Waals surface area contributed by atoms with Crippen LogP contribution < -0.4 is 5.32 Å². The third-order valence-electron chi connectivity index (χ3n) is 4.63. The van der Waals surface area contributed by atoms with Crippen LogP contribution in [0.2, 0.25) is 0 Å². The number of rotatable bonds is 5. The molecular weight excluding hydrogens is 248 g/mol. The van der Waals surface area contributed by atoms with Crippen molar-refractivity contribution in [3.63, 3.8) is 0 Å². The van der Waals surface area contributed by atoms with Crippen molar-refractivity contribution in [2.45, 2.75) is 37.4 Å². The zero-order chi connectivity index (χ0) is 13.8. The quantitative estimate of drug-likeness (QED) is 0.891. The number of benzene rings is 1. The fourth-order valence-electron chi connectivity index (χ4n) is 3.58. The van der Waals surface area contributed by atoms with E-state index < -0.39 is 0 Å². The second-order valence-corrected chi connectivity index (χ2v) is 6.17. The number of likely N-dealkylation sites (tertiary alicyclic amines) is 1. The zero-order valence-electron chi connectivity index (χ0n) is 12.4. The average Bonchev–Trinajstić information content (AvgIpc) is 3.11. The summed E-state index contributed by atoms with van der Waals surface area (Å²) in [6.45, 7) is 4.52. The van der Waals surface area contributed by atoms with Crippen molar-refractivity contribution < 1.29 is 4.74 Å². The average molecular weight is 274 g/mol. The highest BCUT2D eigenvalue weighted by Gasteiger charge is 2.30. The molecule has 20 heavy (non-hydrogen) atoms. The molecule has 3 heteroatoms. The van der Waals surface area contributed by atoms with Gasteiger partial charge in [-0.15, -0.1) is 0 Å². The van der Waals surface area contributed by atoms with Crippen molar-refractivity contribution in [2.24, 2.45) is 0 Å². The summed E-state index contributed by atoms with van der Waals surface area (Å²) in [7, 11) is 2.00. The molecule has 2 fully saturated rings. The van der Waals surface area contributed by atoms with Gasteiger partial charge in [-0.05, 0) is 44.3 Å². The van der Waals surface area contributed by atoms with Gasteiger partial charge >= 0.3 is 0 Å². The highest BCUT2D eigenvalue weighted by molar-refractivity contribution is 5.21. The van der Waals surface area contributed by atoms with Crippen molar-refractivity contribution in [1.29, 1.82) is 0 Å². The third-order valence-corrected chi connectivity index (χ3v) is 4.63. The van der Waals surface area contributed by atoms with Crippen LogP contribution in [0.15, 0.2) is 30.3 Å². The van der Waals surface area contributed by atoms with Crippen molar-refractivity contribution in [3.05, 3.63) is 35.9 Å². The van der Waals surface area contributed by atoms with Crippen LogP contribution in [0.25, 0.3) is 0 Å². The molecule has 0 radical (unpaired) electrons. The van der Waals surface area contributed by atoms with Crippen LogP contribution in [0.4, 0.5) is 0 Å². The maximum Gasteiger partial charge on any atom is 0.0707 e. The lowest BCUT2D eigenvalue weighted by Gasteiger charge is -2.21. The Labute approximate surface area is 122 Å². The Bertz CT molecular complexity index is 409. The number of nitrogens with one attached hydrogen (secondary N) is 1. The van der Waals surface area contributed by atoms with Crippen molar-refractivity contribution in [1.82, 2.24) is 10.2 Å². The van der Waals surface area contributed by atoms with E-state index in [1.54, 1.807) is 0 Å². The van der Waals surface area contributed by atoms with Gasteiger partial charge in [-0.3, -0.25) is 0 Å². The standard InChI is InChI=1S/C17H26N2O/c1-18-11-16-7-8-17(20-16)13-19-10-9-15(12-19)14-5-3-2-4-6-14/h2-6,15-18H,7-13H2,1H3. The maximum absolute atomic E-state index is 6.10. The first-order chi connectivity index (χ1) is 9.85. The van der Waals surface area contributed by atoms with Crippen LogP contribution in [0.5, 0.6) is 0 Å². The Kier molecular flexibility index (Phi) is 4.71. The van der Waals surface area contributed by atoms with E-state index in [4.69, 9.17) is 4.74 Å². The smallest absolute Gasteiger partial charge is 0.0707 e. The minimum atomic E-state index is 0.428. The summed E-state index contributed by atoms with van der Waals surface area (Å²) >= 11 is 0. The Morgan fingerprint density at radius 1 is 1.15 bits per heavy atom. The molecule has 1 aromatic carbocycles. The summed E-state index contributed by atoms with van der Waals surface area (Å²) in [4.78, 5) is 2.59. The van der Waals surface area contributed by atoms with Gasteiger partial charge in [0.25, 0.3) is 0 Å². The SMILES string of the molecule is CNCC1CCC(CN2CCC(c3ccccc3)C2)O1. The summed E-state index contributed by atoms with van der Waals surface area (Å²) in [5.41, 5.74) is 1.50. The number of ether oxygens (including phenoxy) is 1. The summed E-state index contributed by atoms with van der Waals surface area (Å²) in [6.07, 6.45) is 4.59. The number of hydrogen-bond donors (Lipinski definition) is 1. The lowest BCUT2D eigenvalue weighted by atomic mass is 9.99. The number of nitrogens with zero attached hydrogens (tertiary/aromatic N) is 1. The van der Waals surface area contributed by atoms with Crippen LogP contribution in [0.3, 0.4) is 0 Å². The fourth-order valence-corrected chi connectivity index (χ4v) is 3.58. The first-order valence-electron chi connectivity index (χ1n) is 7.92. The molecule has 3 nitrogen and oxygen atoms in total. The summed E-state index contributed by atoms with van der Waals surface area (Å²) < 4.78 is 6.10. The Hall–Kier alpha value is -0.900. The molecule has 2 heterocycles. The Balaban J connectivity index is 1.47. The first-order valence-corrected chi connectivity index (χ1v) is 7.92. The van der Waals surface area contributed by atoms with E-state index in [2.05, 4.69) is 40.5 Å².